The molecule has 23 heavy (non-hydrogen) atoms. The number of nitrogens with one attached hydrogen (secondary N) is 1. The second-order valence-electron chi connectivity index (χ2n) is 5.48. The van der Waals surface area contributed by atoms with Crippen molar-refractivity contribution < 1.29 is 5.11 Å². The van der Waals surface area contributed by atoms with Crippen molar-refractivity contribution in [1.82, 2.24) is 19.7 Å². The fraction of sp³-hybridized carbons (Fsp3) is 0.294. The summed E-state index contributed by atoms with van der Waals surface area (Å²) in [6.45, 7) is 1.40. The molecule has 3 rings (SSSR count). The van der Waals surface area contributed by atoms with Gasteiger partial charge in [-0.3, -0.25) is 4.98 Å². The number of nitrogens with zero attached hydrogens (tertiary/aromatic N) is 3. The van der Waals surface area contributed by atoms with E-state index in [2.05, 4.69) is 15.3 Å². The molecular formula is C17H19ClN4O. The number of pyridine rings is 2. The first-order chi connectivity index (χ1) is 11.3. The van der Waals surface area contributed by atoms with Gasteiger partial charge in [-0.05, 0) is 36.6 Å². The number of aromatic nitrogens is 3. The van der Waals surface area contributed by atoms with Crippen molar-refractivity contribution in [1.29, 1.82) is 0 Å². The molecule has 1 unspecified atom stereocenters. The van der Waals surface area contributed by atoms with Crippen LogP contribution in [0.5, 0.6) is 0 Å². The van der Waals surface area contributed by atoms with Crippen molar-refractivity contribution in [2.45, 2.75) is 13.0 Å². The Morgan fingerprint density at radius 3 is 2.87 bits per heavy atom. The van der Waals surface area contributed by atoms with Crippen LogP contribution in [-0.2, 0) is 13.0 Å². The molecule has 0 amide bonds. The van der Waals surface area contributed by atoms with Crippen LogP contribution in [0.15, 0.2) is 48.8 Å². The molecule has 0 bridgehead atoms. The number of aliphatic hydroxyl groups is 1. The highest BCUT2D eigenvalue weighted by atomic mass is 35.5. The zero-order chi connectivity index (χ0) is 16.1. The molecule has 0 fully saturated rings. The maximum atomic E-state index is 9.56. The lowest BCUT2D eigenvalue weighted by atomic mass is 10.0. The number of rotatable bonds is 7. The standard InChI is InChI=1S/C17H19ClN4O/c18-17-15(22-8-4-2-6-16(22)21-17)11-19-10-13(12-23)9-14-5-1-3-7-20-14/h1-8,13,19,23H,9-12H2. The largest absolute Gasteiger partial charge is 0.396 e. The Morgan fingerprint density at radius 2 is 2.09 bits per heavy atom. The zero-order valence-electron chi connectivity index (χ0n) is 12.7. The van der Waals surface area contributed by atoms with E-state index in [1.165, 1.54) is 0 Å². The van der Waals surface area contributed by atoms with Gasteiger partial charge < -0.3 is 14.8 Å². The first-order valence-electron chi connectivity index (χ1n) is 7.61. The van der Waals surface area contributed by atoms with E-state index in [9.17, 15) is 5.11 Å². The summed E-state index contributed by atoms with van der Waals surface area (Å²) < 4.78 is 1.97. The molecule has 3 aromatic heterocycles. The maximum Gasteiger partial charge on any atom is 0.152 e. The minimum Gasteiger partial charge on any atom is -0.396 e. The topological polar surface area (TPSA) is 62.5 Å². The van der Waals surface area contributed by atoms with Crippen molar-refractivity contribution in [3.8, 4) is 0 Å². The van der Waals surface area contributed by atoms with Gasteiger partial charge >= 0.3 is 0 Å². The average Bonchev–Trinajstić information content (AvgIpc) is 2.90. The molecule has 1 atom stereocenters. The summed E-state index contributed by atoms with van der Waals surface area (Å²) >= 11 is 6.22. The van der Waals surface area contributed by atoms with Gasteiger partial charge in [0.15, 0.2) is 5.15 Å². The Hall–Kier alpha value is -1.95. The SMILES string of the molecule is OCC(CNCc1c(Cl)nc2ccccn12)Cc1ccccn1. The summed E-state index contributed by atoms with van der Waals surface area (Å²) in [6.07, 6.45) is 4.46. The van der Waals surface area contributed by atoms with Gasteiger partial charge in [0.1, 0.15) is 5.65 Å². The smallest absolute Gasteiger partial charge is 0.152 e. The lowest BCUT2D eigenvalue weighted by Crippen LogP contribution is -2.27. The first kappa shape index (κ1) is 15.9. The number of aliphatic hydroxyl groups excluding tert-OH is 1. The van der Waals surface area contributed by atoms with Crippen LogP contribution in [0, 0.1) is 5.92 Å². The van der Waals surface area contributed by atoms with Crippen LogP contribution in [0.3, 0.4) is 0 Å². The van der Waals surface area contributed by atoms with Gasteiger partial charge in [0.05, 0.1) is 5.69 Å². The minimum atomic E-state index is 0.114. The van der Waals surface area contributed by atoms with Crippen molar-refractivity contribution in [2.24, 2.45) is 5.92 Å². The minimum absolute atomic E-state index is 0.114. The molecule has 3 heterocycles. The fourth-order valence-electron chi connectivity index (χ4n) is 2.59. The molecular weight excluding hydrogens is 312 g/mol. The summed E-state index contributed by atoms with van der Waals surface area (Å²) in [4.78, 5) is 8.63. The number of hydrogen-bond acceptors (Lipinski definition) is 4. The van der Waals surface area contributed by atoms with E-state index in [-0.39, 0.29) is 12.5 Å². The van der Waals surface area contributed by atoms with Crippen molar-refractivity contribution in [3.05, 3.63) is 65.3 Å². The summed E-state index contributed by atoms with van der Waals surface area (Å²) in [5.74, 6) is 0.114. The van der Waals surface area contributed by atoms with E-state index in [4.69, 9.17) is 11.6 Å². The third-order valence-corrected chi connectivity index (χ3v) is 4.09. The molecule has 0 aliphatic carbocycles. The molecule has 2 N–H and O–H groups in total. The van der Waals surface area contributed by atoms with Crippen LogP contribution >= 0.6 is 11.6 Å². The van der Waals surface area contributed by atoms with E-state index < -0.39 is 0 Å². The van der Waals surface area contributed by atoms with Gasteiger partial charge in [0.25, 0.3) is 0 Å². The van der Waals surface area contributed by atoms with E-state index in [1.54, 1.807) is 6.20 Å². The summed E-state index contributed by atoms with van der Waals surface area (Å²) in [7, 11) is 0. The predicted octanol–water partition coefficient (Wildman–Crippen LogP) is 2.32. The monoisotopic (exact) mass is 330 g/mol. The van der Waals surface area contributed by atoms with E-state index >= 15 is 0 Å². The zero-order valence-corrected chi connectivity index (χ0v) is 13.4. The normalized spacial score (nSPS) is 12.6. The van der Waals surface area contributed by atoms with Gasteiger partial charge in [-0.1, -0.05) is 23.7 Å². The van der Waals surface area contributed by atoms with E-state index in [1.807, 2.05) is 47.0 Å². The molecule has 0 saturated carbocycles. The van der Waals surface area contributed by atoms with Crippen LogP contribution in [-0.4, -0.2) is 32.6 Å². The second-order valence-corrected chi connectivity index (χ2v) is 5.84. The molecule has 5 nitrogen and oxygen atoms in total. The Bertz CT molecular complexity index is 760. The number of hydrogen-bond donors (Lipinski definition) is 2. The third kappa shape index (κ3) is 3.88. The Balaban J connectivity index is 1.60. The van der Waals surface area contributed by atoms with Crippen LogP contribution in [0.2, 0.25) is 5.15 Å². The summed E-state index contributed by atoms with van der Waals surface area (Å²) in [5.41, 5.74) is 2.75. The van der Waals surface area contributed by atoms with Crippen molar-refractivity contribution in [2.75, 3.05) is 13.2 Å². The molecule has 0 radical (unpaired) electrons. The van der Waals surface area contributed by atoms with Crippen LogP contribution in [0.4, 0.5) is 0 Å². The number of halogens is 1. The highest BCUT2D eigenvalue weighted by Crippen LogP contribution is 2.17. The third-order valence-electron chi connectivity index (χ3n) is 3.79. The Kier molecular flexibility index (Phi) is 5.23. The van der Waals surface area contributed by atoms with Crippen molar-refractivity contribution in [3.63, 3.8) is 0 Å². The highest BCUT2D eigenvalue weighted by Gasteiger charge is 2.12. The highest BCUT2D eigenvalue weighted by molar-refractivity contribution is 6.30. The molecule has 0 spiro atoms. The van der Waals surface area contributed by atoms with E-state index in [0.29, 0.717) is 18.2 Å². The van der Waals surface area contributed by atoms with Gasteiger partial charge in [0.2, 0.25) is 0 Å². The van der Waals surface area contributed by atoms with Gasteiger partial charge in [-0.2, -0.15) is 0 Å². The number of imidazole rings is 1. The van der Waals surface area contributed by atoms with Crippen molar-refractivity contribution >= 4 is 17.2 Å². The molecule has 0 aromatic carbocycles. The van der Waals surface area contributed by atoms with Gasteiger partial charge in [0, 0.05) is 37.8 Å². The molecule has 120 valence electrons. The summed E-state index contributed by atoms with van der Waals surface area (Å²) in [6, 6.07) is 11.6. The molecule has 6 heteroatoms. The van der Waals surface area contributed by atoms with Gasteiger partial charge in [-0.25, -0.2) is 4.98 Å². The molecule has 0 aliphatic rings. The lowest BCUT2D eigenvalue weighted by Gasteiger charge is -2.14. The summed E-state index contributed by atoms with van der Waals surface area (Å²) in [5, 5.41) is 13.4. The van der Waals surface area contributed by atoms with Gasteiger partial charge in [-0.15, -0.1) is 0 Å². The predicted molar refractivity (Wildman–Crippen MR) is 90.4 cm³/mol. The molecule has 3 aromatic rings. The molecule has 0 aliphatic heterocycles. The van der Waals surface area contributed by atoms with Crippen LogP contribution < -0.4 is 5.32 Å². The second kappa shape index (κ2) is 7.55. The Morgan fingerprint density at radius 1 is 1.22 bits per heavy atom. The maximum absolute atomic E-state index is 9.56. The first-order valence-corrected chi connectivity index (χ1v) is 7.98. The van der Waals surface area contributed by atoms with E-state index in [0.717, 1.165) is 23.5 Å². The fourth-order valence-corrected chi connectivity index (χ4v) is 2.83. The number of fused-ring (bicyclic) bond motifs is 1. The Labute approximate surface area is 140 Å². The van der Waals surface area contributed by atoms with Crippen LogP contribution in [0.1, 0.15) is 11.4 Å². The lowest BCUT2D eigenvalue weighted by molar-refractivity contribution is 0.220. The van der Waals surface area contributed by atoms with Crippen LogP contribution in [0.25, 0.3) is 5.65 Å². The average molecular weight is 331 g/mol. The quantitative estimate of drug-likeness (QED) is 0.698. The molecule has 0 saturated heterocycles.